The predicted molar refractivity (Wildman–Crippen MR) is 100 cm³/mol. The number of rotatable bonds is 6. The fourth-order valence-corrected chi connectivity index (χ4v) is 2.51. The van der Waals surface area contributed by atoms with Gasteiger partial charge in [-0.2, -0.15) is 0 Å². The summed E-state index contributed by atoms with van der Waals surface area (Å²) in [6, 6.07) is 18.8. The third kappa shape index (κ3) is 4.19. The first-order valence-electron chi connectivity index (χ1n) is 8.21. The molecule has 2 aromatic carbocycles. The highest BCUT2D eigenvalue weighted by Gasteiger charge is 2.07. The van der Waals surface area contributed by atoms with Crippen LogP contribution in [-0.2, 0) is 6.54 Å². The Kier molecular flexibility index (Phi) is 5.49. The molecule has 1 amide bonds. The van der Waals surface area contributed by atoms with Crippen molar-refractivity contribution in [2.24, 2.45) is 0 Å². The summed E-state index contributed by atoms with van der Waals surface area (Å²) in [5.41, 5.74) is 3.25. The van der Waals surface area contributed by atoms with E-state index in [9.17, 15) is 4.79 Å². The van der Waals surface area contributed by atoms with Crippen molar-refractivity contribution >= 4 is 5.91 Å². The van der Waals surface area contributed by atoms with Crippen LogP contribution in [0.3, 0.4) is 0 Å². The summed E-state index contributed by atoms with van der Waals surface area (Å²) in [5.74, 6) is 1.40. The van der Waals surface area contributed by atoms with Crippen molar-refractivity contribution < 1.29 is 14.3 Å². The van der Waals surface area contributed by atoms with Crippen LogP contribution < -0.4 is 14.8 Å². The molecule has 0 fully saturated rings. The van der Waals surface area contributed by atoms with Gasteiger partial charge in [0.05, 0.1) is 25.5 Å². The molecule has 0 saturated carbocycles. The van der Waals surface area contributed by atoms with Crippen LogP contribution in [-0.4, -0.2) is 25.1 Å². The Bertz CT molecular complexity index is 875. The Morgan fingerprint density at radius 2 is 1.73 bits per heavy atom. The second-order valence-electron chi connectivity index (χ2n) is 5.69. The SMILES string of the molecule is COc1ccc(CNC(=O)c2ccc(-c3cccc(OC)c3)nc2)cc1. The average Bonchev–Trinajstić information content (AvgIpc) is 2.72. The molecule has 5 nitrogen and oxygen atoms in total. The van der Waals surface area contributed by atoms with E-state index in [4.69, 9.17) is 9.47 Å². The molecule has 3 aromatic rings. The summed E-state index contributed by atoms with van der Waals surface area (Å²) >= 11 is 0. The van der Waals surface area contributed by atoms with E-state index < -0.39 is 0 Å². The summed E-state index contributed by atoms with van der Waals surface area (Å²) in [5, 5.41) is 2.89. The van der Waals surface area contributed by atoms with Crippen molar-refractivity contribution in [3.63, 3.8) is 0 Å². The number of aromatic nitrogens is 1. The smallest absolute Gasteiger partial charge is 0.253 e. The maximum atomic E-state index is 12.3. The molecule has 0 radical (unpaired) electrons. The molecule has 0 bridgehead atoms. The summed E-state index contributed by atoms with van der Waals surface area (Å²) in [7, 11) is 3.25. The molecule has 132 valence electrons. The zero-order chi connectivity index (χ0) is 18.4. The minimum Gasteiger partial charge on any atom is -0.497 e. The summed E-state index contributed by atoms with van der Waals surface area (Å²) in [6.07, 6.45) is 1.58. The zero-order valence-corrected chi connectivity index (χ0v) is 14.7. The molecule has 0 saturated heterocycles. The highest BCUT2D eigenvalue weighted by atomic mass is 16.5. The number of carbonyl (C=O) groups is 1. The molecule has 26 heavy (non-hydrogen) atoms. The normalized spacial score (nSPS) is 10.2. The van der Waals surface area contributed by atoms with Crippen LogP contribution in [0.5, 0.6) is 11.5 Å². The second-order valence-corrected chi connectivity index (χ2v) is 5.69. The van der Waals surface area contributed by atoms with Crippen LogP contribution in [0.1, 0.15) is 15.9 Å². The number of carbonyl (C=O) groups excluding carboxylic acids is 1. The van der Waals surface area contributed by atoms with E-state index >= 15 is 0 Å². The van der Waals surface area contributed by atoms with E-state index in [0.29, 0.717) is 12.1 Å². The number of hydrogen-bond donors (Lipinski definition) is 1. The van der Waals surface area contributed by atoms with Gasteiger partial charge in [0.1, 0.15) is 11.5 Å². The molecule has 0 aliphatic carbocycles. The Balaban J connectivity index is 1.64. The lowest BCUT2D eigenvalue weighted by Crippen LogP contribution is -2.22. The van der Waals surface area contributed by atoms with E-state index in [1.54, 1.807) is 26.5 Å². The Hall–Kier alpha value is -3.34. The van der Waals surface area contributed by atoms with Gasteiger partial charge in [0.15, 0.2) is 0 Å². The van der Waals surface area contributed by atoms with Gasteiger partial charge in [-0.15, -0.1) is 0 Å². The predicted octanol–water partition coefficient (Wildman–Crippen LogP) is 3.70. The number of pyridine rings is 1. The second kappa shape index (κ2) is 8.16. The third-order valence-electron chi connectivity index (χ3n) is 4.00. The molecule has 1 aromatic heterocycles. The van der Waals surface area contributed by atoms with Gasteiger partial charge in [-0.05, 0) is 42.0 Å². The number of hydrogen-bond acceptors (Lipinski definition) is 4. The van der Waals surface area contributed by atoms with E-state index in [1.165, 1.54) is 0 Å². The lowest BCUT2D eigenvalue weighted by Gasteiger charge is -2.07. The Morgan fingerprint density at radius 1 is 0.962 bits per heavy atom. The number of nitrogens with zero attached hydrogens (tertiary/aromatic N) is 1. The number of nitrogens with one attached hydrogen (secondary N) is 1. The molecule has 5 heteroatoms. The van der Waals surface area contributed by atoms with Gasteiger partial charge >= 0.3 is 0 Å². The zero-order valence-electron chi connectivity index (χ0n) is 14.7. The van der Waals surface area contributed by atoms with Crippen LogP contribution >= 0.6 is 0 Å². The van der Waals surface area contributed by atoms with Crippen LogP contribution in [0.4, 0.5) is 0 Å². The monoisotopic (exact) mass is 348 g/mol. The van der Waals surface area contributed by atoms with Crippen molar-refractivity contribution in [1.29, 1.82) is 0 Å². The first-order valence-corrected chi connectivity index (χ1v) is 8.21. The maximum Gasteiger partial charge on any atom is 0.253 e. The van der Waals surface area contributed by atoms with E-state index in [1.807, 2.05) is 54.6 Å². The molecule has 0 spiro atoms. The van der Waals surface area contributed by atoms with E-state index in [2.05, 4.69) is 10.3 Å². The van der Waals surface area contributed by atoms with Crippen molar-refractivity contribution in [2.45, 2.75) is 6.54 Å². The first-order chi connectivity index (χ1) is 12.7. The summed E-state index contributed by atoms with van der Waals surface area (Å²) in [6.45, 7) is 0.445. The first kappa shape index (κ1) is 17.5. The lowest BCUT2D eigenvalue weighted by molar-refractivity contribution is 0.0950. The van der Waals surface area contributed by atoms with E-state index in [0.717, 1.165) is 28.3 Å². The maximum absolute atomic E-state index is 12.3. The fraction of sp³-hybridized carbons (Fsp3) is 0.143. The van der Waals surface area contributed by atoms with Crippen molar-refractivity contribution in [2.75, 3.05) is 14.2 Å². The number of benzene rings is 2. The fourth-order valence-electron chi connectivity index (χ4n) is 2.51. The van der Waals surface area contributed by atoms with Gasteiger partial charge in [-0.25, -0.2) is 0 Å². The Labute approximate surface area is 152 Å². The molecule has 3 rings (SSSR count). The minimum atomic E-state index is -0.162. The van der Waals surface area contributed by atoms with Gasteiger partial charge in [0, 0.05) is 18.3 Å². The van der Waals surface area contributed by atoms with Crippen LogP contribution in [0.2, 0.25) is 0 Å². The van der Waals surface area contributed by atoms with Crippen molar-refractivity contribution in [3.8, 4) is 22.8 Å². The van der Waals surface area contributed by atoms with Crippen LogP contribution in [0.25, 0.3) is 11.3 Å². The van der Waals surface area contributed by atoms with Crippen molar-refractivity contribution in [1.82, 2.24) is 10.3 Å². The number of ether oxygens (including phenoxy) is 2. The van der Waals surface area contributed by atoms with Gasteiger partial charge in [-0.3, -0.25) is 9.78 Å². The minimum absolute atomic E-state index is 0.162. The average molecular weight is 348 g/mol. The topological polar surface area (TPSA) is 60.5 Å². The third-order valence-corrected chi connectivity index (χ3v) is 4.00. The molecular formula is C21H20N2O3. The molecule has 0 aliphatic rings. The van der Waals surface area contributed by atoms with Crippen LogP contribution in [0, 0.1) is 0 Å². The molecule has 0 atom stereocenters. The summed E-state index contributed by atoms with van der Waals surface area (Å²) < 4.78 is 10.3. The number of methoxy groups -OCH3 is 2. The largest absolute Gasteiger partial charge is 0.497 e. The molecule has 1 N–H and O–H groups in total. The van der Waals surface area contributed by atoms with Gasteiger partial charge in [0.2, 0.25) is 0 Å². The Morgan fingerprint density at radius 3 is 2.38 bits per heavy atom. The molecular weight excluding hydrogens is 328 g/mol. The van der Waals surface area contributed by atoms with Gasteiger partial charge in [0.25, 0.3) is 5.91 Å². The van der Waals surface area contributed by atoms with Crippen molar-refractivity contribution in [3.05, 3.63) is 78.0 Å². The van der Waals surface area contributed by atoms with Gasteiger partial charge < -0.3 is 14.8 Å². The van der Waals surface area contributed by atoms with Gasteiger partial charge in [-0.1, -0.05) is 24.3 Å². The summed E-state index contributed by atoms with van der Waals surface area (Å²) in [4.78, 5) is 16.7. The highest BCUT2D eigenvalue weighted by Crippen LogP contribution is 2.22. The standard InChI is InChI=1S/C21H20N2O3/c1-25-18-9-6-15(7-10-18)13-23-21(24)17-8-11-20(22-14-17)16-4-3-5-19(12-16)26-2/h3-12,14H,13H2,1-2H3,(H,23,24). The van der Waals surface area contributed by atoms with Crippen LogP contribution in [0.15, 0.2) is 66.9 Å². The van der Waals surface area contributed by atoms with E-state index in [-0.39, 0.29) is 5.91 Å². The number of amides is 1. The molecule has 1 heterocycles. The molecule has 0 unspecified atom stereocenters. The molecule has 0 aliphatic heterocycles. The highest BCUT2D eigenvalue weighted by molar-refractivity contribution is 5.94. The lowest BCUT2D eigenvalue weighted by atomic mass is 10.1. The quantitative estimate of drug-likeness (QED) is 0.738.